The maximum atomic E-state index is 12.0. The molecule has 1 rings (SSSR count). The third kappa shape index (κ3) is 4.31. The van der Waals surface area contributed by atoms with Crippen LogP contribution in [-0.4, -0.2) is 26.7 Å². The molecule has 0 fully saturated rings. The summed E-state index contributed by atoms with van der Waals surface area (Å²) in [5.74, 6) is 1.27. The zero-order chi connectivity index (χ0) is 14.4. The van der Waals surface area contributed by atoms with E-state index in [1.165, 1.54) is 14.2 Å². The van der Waals surface area contributed by atoms with Gasteiger partial charge >= 0.3 is 0 Å². The summed E-state index contributed by atoms with van der Waals surface area (Å²) < 4.78 is 10.3. The number of amides is 1. The summed E-state index contributed by atoms with van der Waals surface area (Å²) in [5.41, 5.74) is 0.464. The van der Waals surface area contributed by atoms with Crippen molar-refractivity contribution < 1.29 is 14.3 Å². The first-order valence-corrected chi connectivity index (χ1v) is 6.57. The molecule has 5 heteroatoms. The summed E-state index contributed by atoms with van der Waals surface area (Å²) in [6.45, 7) is 4.86. The molecular formula is C14H20ClNO3. The fourth-order valence-corrected chi connectivity index (χ4v) is 1.91. The van der Waals surface area contributed by atoms with Gasteiger partial charge < -0.3 is 14.8 Å². The Hall–Kier alpha value is -1.42. The first kappa shape index (κ1) is 15.6. The summed E-state index contributed by atoms with van der Waals surface area (Å²) in [6.07, 6.45) is 0.937. The van der Waals surface area contributed by atoms with Gasteiger partial charge in [-0.3, -0.25) is 4.79 Å². The van der Waals surface area contributed by atoms with E-state index in [-0.39, 0.29) is 5.91 Å². The van der Waals surface area contributed by atoms with Crippen LogP contribution in [0.2, 0.25) is 5.02 Å². The lowest BCUT2D eigenvalue weighted by atomic mass is 10.1. The molecule has 0 aliphatic rings. The number of halogens is 1. The summed E-state index contributed by atoms with van der Waals surface area (Å²) in [7, 11) is 3.01. The third-order valence-electron chi connectivity index (χ3n) is 2.70. The van der Waals surface area contributed by atoms with Gasteiger partial charge in [0.1, 0.15) is 0 Å². The van der Waals surface area contributed by atoms with Gasteiger partial charge in [0.15, 0.2) is 11.5 Å². The van der Waals surface area contributed by atoms with Gasteiger partial charge in [0.05, 0.1) is 19.2 Å². The van der Waals surface area contributed by atoms with Gasteiger partial charge in [-0.15, -0.1) is 0 Å². The molecule has 1 amide bonds. The Morgan fingerprint density at radius 2 is 2.00 bits per heavy atom. The number of carbonyl (C=O) groups is 1. The molecule has 19 heavy (non-hydrogen) atoms. The predicted octanol–water partition coefficient (Wildman–Crippen LogP) is 3.13. The molecule has 0 radical (unpaired) electrons. The summed E-state index contributed by atoms with van der Waals surface area (Å²) in [6, 6.07) is 3.20. The van der Waals surface area contributed by atoms with Crippen LogP contribution in [0.4, 0.5) is 0 Å². The van der Waals surface area contributed by atoms with Crippen molar-refractivity contribution >= 4 is 17.5 Å². The first-order valence-electron chi connectivity index (χ1n) is 6.19. The van der Waals surface area contributed by atoms with E-state index >= 15 is 0 Å². The number of hydrogen-bond donors (Lipinski definition) is 1. The highest BCUT2D eigenvalue weighted by molar-refractivity contribution is 6.32. The molecule has 1 aromatic rings. The largest absolute Gasteiger partial charge is 0.493 e. The quantitative estimate of drug-likeness (QED) is 0.873. The van der Waals surface area contributed by atoms with Crippen LogP contribution in [0.25, 0.3) is 0 Å². The highest BCUT2D eigenvalue weighted by atomic mass is 35.5. The Bertz CT molecular complexity index is 447. The number of ether oxygens (including phenoxy) is 2. The lowest BCUT2D eigenvalue weighted by Gasteiger charge is -2.12. The molecule has 1 aromatic carbocycles. The van der Waals surface area contributed by atoms with Crippen molar-refractivity contribution in [1.82, 2.24) is 5.32 Å². The molecule has 106 valence electrons. The van der Waals surface area contributed by atoms with Crippen LogP contribution < -0.4 is 14.8 Å². The van der Waals surface area contributed by atoms with Gasteiger partial charge in [0.2, 0.25) is 0 Å². The van der Waals surface area contributed by atoms with Crippen molar-refractivity contribution in [2.24, 2.45) is 5.92 Å². The van der Waals surface area contributed by atoms with E-state index in [0.717, 1.165) is 6.42 Å². The third-order valence-corrected chi connectivity index (χ3v) is 2.98. The molecule has 0 bridgehead atoms. The summed E-state index contributed by atoms with van der Waals surface area (Å²) in [5, 5.41) is 3.21. The number of benzene rings is 1. The molecule has 0 heterocycles. The molecule has 0 aromatic heterocycles. The van der Waals surface area contributed by atoms with Crippen molar-refractivity contribution in [1.29, 1.82) is 0 Å². The van der Waals surface area contributed by atoms with Crippen molar-refractivity contribution in [2.75, 3.05) is 20.8 Å². The average molecular weight is 286 g/mol. The summed E-state index contributed by atoms with van der Waals surface area (Å²) in [4.78, 5) is 12.0. The van der Waals surface area contributed by atoms with E-state index in [9.17, 15) is 4.79 Å². The van der Waals surface area contributed by atoms with E-state index in [2.05, 4.69) is 19.2 Å². The smallest absolute Gasteiger partial charge is 0.251 e. The molecule has 1 N–H and O–H groups in total. The molecular weight excluding hydrogens is 266 g/mol. The Labute approximate surface area is 119 Å². The topological polar surface area (TPSA) is 47.6 Å². The van der Waals surface area contributed by atoms with Crippen LogP contribution >= 0.6 is 11.6 Å². The van der Waals surface area contributed by atoms with E-state index in [0.29, 0.717) is 34.5 Å². The molecule has 0 saturated carbocycles. The second-order valence-corrected chi connectivity index (χ2v) is 5.04. The minimum Gasteiger partial charge on any atom is -0.493 e. The molecule has 0 aliphatic heterocycles. The Balaban J connectivity index is 2.83. The fourth-order valence-electron chi connectivity index (χ4n) is 1.63. The average Bonchev–Trinajstić information content (AvgIpc) is 2.37. The van der Waals surface area contributed by atoms with Crippen LogP contribution in [0, 0.1) is 5.92 Å². The normalized spacial score (nSPS) is 10.4. The minimum atomic E-state index is -0.163. The van der Waals surface area contributed by atoms with E-state index in [4.69, 9.17) is 21.1 Å². The number of nitrogens with one attached hydrogen (secondary N) is 1. The number of carbonyl (C=O) groups excluding carboxylic acids is 1. The Morgan fingerprint density at radius 1 is 1.32 bits per heavy atom. The molecule has 0 saturated heterocycles. The first-order chi connectivity index (χ1) is 8.99. The zero-order valence-electron chi connectivity index (χ0n) is 11.7. The fraction of sp³-hybridized carbons (Fsp3) is 0.500. The molecule has 0 atom stereocenters. The molecule has 0 unspecified atom stereocenters. The van der Waals surface area contributed by atoms with Crippen LogP contribution in [0.15, 0.2) is 12.1 Å². The Kier molecular flexibility index (Phi) is 5.96. The van der Waals surface area contributed by atoms with Crippen LogP contribution in [0.5, 0.6) is 11.5 Å². The summed E-state index contributed by atoms with van der Waals surface area (Å²) >= 11 is 6.06. The number of methoxy groups -OCH3 is 2. The minimum absolute atomic E-state index is 0.163. The highest BCUT2D eigenvalue weighted by Crippen LogP contribution is 2.35. The predicted molar refractivity (Wildman–Crippen MR) is 76.3 cm³/mol. The number of hydrogen-bond acceptors (Lipinski definition) is 3. The van der Waals surface area contributed by atoms with Gasteiger partial charge in [0, 0.05) is 12.1 Å². The molecule has 0 aliphatic carbocycles. The van der Waals surface area contributed by atoms with Crippen LogP contribution in [0.1, 0.15) is 30.6 Å². The van der Waals surface area contributed by atoms with Crippen LogP contribution in [0.3, 0.4) is 0 Å². The van der Waals surface area contributed by atoms with Gasteiger partial charge in [-0.1, -0.05) is 25.4 Å². The van der Waals surface area contributed by atoms with Gasteiger partial charge in [-0.2, -0.15) is 0 Å². The monoisotopic (exact) mass is 285 g/mol. The SMILES string of the molecule is COc1cc(C(=O)NCCC(C)C)cc(Cl)c1OC. The lowest BCUT2D eigenvalue weighted by molar-refractivity contribution is 0.0951. The maximum Gasteiger partial charge on any atom is 0.251 e. The van der Waals surface area contributed by atoms with E-state index < -0.39 is 0 Å². The second-order valence-electron chi connectivity index (χ2n) is 4.63. The van der Waals surface area contributed by atoms with Crippen molar-refractivity contribution in [3.63, 3.8) is 0 Å². The van der Waals surface area contributed by atoms with Crippen molar-refractivity contribution in [3.8, 4) is 11.5 Å². The second kappa shape index (κ2) is 7.24. The van der Waals surface area contributed by atoms with Crippen LogP contribution in [-0.2, 0) is 0 Å². The zero-order valence-corrected chi connectivity index (χ0v) is 12.5. The van der Waals surface area contributed by atoms with Gasteiger partial charge in [-0.05, 0) is 24.5 Å². The van der Waals surface area contributed by atoms with Crippen molar-refractivity contribution in [3.05, 3.63) is 22.7 Å². The van der Waals surface area contributed by atoms with Crippen molar-refractivity contribution in [2.45, 2.75) is 20.3 Å². The molecule has 0 spiro atoms. The van der Waals surface area contributed by atoms with E-state index in [1.54, 1.807) is 12.1 Å². The van der Waals surface area contributed by atoms with Gasteiger partial charge in [0.25, 0.3) is 5.91 Å². The van der Waals surface area contributed by atoms with Gasteiger partial charge in [-0.25, -0.2) is 0 Å². The highest BCUT2D eigenvalue weighted by Gasteiger charge is 2.14. The maximum absolute atomic E-state index is 12.0. The Morgan fingerprint density at radius 3 is 2.53 bits per heavy atom. The standard InChI is InChI=1S/C14H20ClNO3/c1-9(2)5-6-16-14(17)10-7-11(15)13(19-4)12(8-10)18-3/h7-9H,5-6H2,1-4H3,(H,16,17). The van der Waals surface area contributed by atoms with E-state index in [1.807, 2.05) is 0 Å². The molecule has 4 nitrogen and oxygen atoms in total. The lowest BCUT2D eigenvalue weighted by Crippen LogP contribution is -2.25. The number of rotatable bonds is 6.